The number of carbonyl (C=O) groups is 1. The molecule has 0 radical (unpaired) electrons. The van der Waals surface area contributed by atoms with Crippen molar-refractivity contribution in [3.8, 4) is 17.4 Å². The van der Waals surface area contributed by atoms with Crippen LogP contribution in [0.1, 0.15) is 11.1 Å². The highest BCUT2D eigenvalue weighted by atomic mass is 16.6. The maximum absolute atomic E-state index is 13.8. The van der Waals surface area contributed by atoms with Crippen molar-refractivity contribution in [2.45, 2.75) is 13.8 Å². The van der Waals surface area contributed by atoms with Gasteiger partial charge in [-0.05, 0) is 68.4 Å². The minimum Gasteiger partial charge on any atom is -0.497 e. The largest absolute Gasteiger partial charge is 0.497 e. The summed E-state index contributed by atoms with van der Waals surface area (Å²) in [5.74, 6) is 1.48. The van der Waals surface area contributed by atoms with Crippen LogP contribution < -0.4 is 29.3 Å². The third-order valence-electron chi connectivity index (χ3n) is 7.29. The maximum Gasteiger partial charge on any atom is 0.425 e. The molecule has 5 rings (SSSR count). The summed E-state index contributed by atoms with van der Waals surface area (Å²) in [6, 6.07) is 20.8. The number of hydrogen-bond acceptors (Lipinski definition) is 9. The molecule has 0 aliphatic carbocycles. The zero-order valence-corrected chi connectivity index (χ0v) is 24.6. The van der Waals surface area contributed by atoms with Crippen LogP contribution in [0.5, 0.6) is 17.4 Å². The quantitative estimate of drug-likeness (QED) is 0.277. The lowest BCUT2D eigenvalue weighted by Gasteiger charge is -2.34. The number of likely N-dealkylation sites (N-methyl/N-ethyl adjacent to an activating group) is 1. The minimum absolute atomic E-state index is 0.107. The average molecular weight is 569 g/mol. The molecule has 0 unspecified atom stereocenters. The van der Waals surface area contributed by atoms with Crippen molar-refractivity contribution in [1.82, 2.24) is 14.9 Å². The Morgan fingerprint density at radius 1 is 0.905 bits per heavy atom. The number of rotatable bonds is 8. The lowest BCUT2D eigenvalue weighted by Crippen LogP contribution is -2.44. The molecule has 0 bridgehead atoms. The molecule has 0 atom stereocenters. The van der Waals surface area contributed by atoms with Crippen LogP contribution in [0.3, 0.4) is 0 Å². The number of para-hydroxylation sites is 1. The number of aromatic nitrogens is 2. The lowest BCUT2D eigenvalue weighted by molar-refractivity contribution is 0.208. The van der Waals surface area contributed by atoms with E-state index in [2.05, 4.69) is 44.3 Å². The molecule has 1 saturated heterocycles. The highest BCUT2D eigenvalue weighted by molar-refractivity contribution is 6.00. The van der Waals surface area contributed by atoms with Gasteiger partial charge in [0.05, 0.1) is 25.6 Å². The van der Waals surface area contributed by atoms with Crippen LogP contribution in [0.15, 0.2) is 72.9 Å². The Morgan fingerprint density at radius 2 is 1.62 bits per heavy atom. The molecular formula is C32H36N6O4. The van der Waals surface area contributed by atoms with Crippen LogP contribution in [0.25, 0.3) is 0 Å². The van der Waals surface area contributed by atoms with Crippen LogP contribution in [0, 0.1) is 13.8 Å². The molecule has 10 heteroatoms. The van der Waals surface area contributed by atoms with Gasteiger partial charge in [-0.25, -0.2) is 14.7 Å². The number of ether oxygens (including phenoxy) is 3. The van der Waals surface area contributed by atoms with Gasteiger partial charge in [-0.3, -0.25) is 0 Å². The van der Waals surface area contributed by atoms with E-state index >= 15 is 0 Å². The lowest BCUT2D eigenvalue weighted by atomic mass is 10.1. The van der Waals surface area contributed by atoms with Crippen LogP contribution in [0.2, 0.25) is 0 Å². The van der Waals surface area contributed by atoms with E-state index in [1.165, 1.54) is 10.6 Å². The summed E-state index contributed by atoms with van der Waals surface area (Å²) < 4.78 is 16.8. The molecule has 1 aromatic heterocycles. The molecule has 42 heavy (non-hydrogen) atoms. The predicted octanol–water partition coefficient (Wildman–Crippen LogP) is 5.94. The van der Waals surface area contributed by atoms with Gasteiger partial charge in [0, 0.05) is 55.9 Å². The van der Waals surface area contributed by atoms with Crippen molar-refractivity contribution in [2.75, 3.05) is 62.6 Å². The average Bonchev–Trinajstić information content (AvgIpc) is 3.00. The summed E-state index contributed by atoms with van der Waals surface area (Å²) in [7, 11) is 5.27. The third-order valence-corrected chi connectivity index (χ3v) is 7.29. The first-order chi connectivity index (χ1) is 20.4. The molecule has 2 heterocycles. The van der Waals surface area contributed by atoms with Crippen molar-refractivity contribution < 1.29 is 19.0 Å². The van der Waals surface area contributed by atoms with E-state index in [4.69, 9.17) is 14.2 Å². The maximum atomic E-state index is 13.8. The number of amides is 1. The van der Waals surface area contributed by atoms with Crippen LogP contribution in [-0.4, -0.2) is 68.4 Å². The van der Waals surface area contributed by atoms with E-state index in [1.807, 2.05) is 44.2 Å². The van der Waals surface area contributed by atoms with Crippen LogP contribution >= 0.6 is 0 Å². The third kappa shape index (κ3) is 6.39. The molecule has 0 saturated carbocycles. The topological polar surface area (TPSA) is 92.3 Å². The first-order valence-electron chi connectivity index (χ1n) is 13.8. The number of nitrogens with one attached hydrogen (secondary N) is 1. The first kappa shape index (κ1) is 28.7. The van der Waals surface area contributed by atoms with Gasteiger partial charge in [-0.15, -0.1) is 0 Å². The molecule has 1 N–H and O–H groups in total. The number of benzene rings is 3. The predicted molar refractivity (Wildman–Crippen MR) is 165 cm³/mol. The minimum atomic E-state index is -0.642. The molecule has 0 spiro atoms. The Labute approximate surface area is 246 Å². The van der Waals surface area contributed by atoms with Gasteiger partial charge in [-0.1, -0.05) is 18.2 Å². The van der Waals surface area contributed by atoms with Gasteiger partial charge in [0.1, 0.15) is 11.5 Å². The monoisotopic (exact) mass is 568 g/mol. The van der Waals surface area contributed by atoms with E-state index in [1.54, 1.807) is 44.7 Å². The Morgan fingerprint density at radius 3 is 2.29 bits per heavy atom. The molecule has 1 amide bonds. The number of methoxy groups -OCH3 is 2. The van der Waals surface area contributed by atoms with Gasteiger partial charge in [0.15, 0.2) is 0 Å². The summed E-state index contributed by atoms with van der Waals surface area (Å²) >= 11 is 0. The van der Waals surface area contributed by atoms with Crippen molar-refractivity contribution in [1.29, 1.82) is 0 Å². The zero-order chi connectivity index (χ0) is 29.6. The van der Waals surface area contributed by atoms with Gasteiger partial charge < -0.3 is 29.3 Å². The zero-order valence-electron chi connectivity index (χ0n) is 24.6. The molecule has 1 aliphatic heterocycles. The fourth-order valence-corrected chi connectivity index (χ4v) is 4.98. The second kappa shape index (κ2) is 12.8. The van der Waals surface area contributed by atoms with Crippen LogP contribution in [-0.2, 0) is 0 Å². The highest BCUT2D eigenvalue weighted by Gasteiger charge is 2.27. The van der Waals surface area contributed by atoms with E-state index in [0.29, 0.717) is 28.8 Å². The number of nitrogens with zero attached hydrogens (tertiary/aromatic N) is 5. The number of aryl methyl sites for hydroxylation is 2. The summed E-state index contributed by atoms with van der Waals surface area (Å²) in [5.41, 5.74) is 5.01. The van der Waals surface area contributed by atoms with Crippen LogP contribution in [0.4, 0.5) is 33.5 Å². The Hall–Kier alpha value is -4.83. The summed E-state index contributed by atoms with van der Waals surface area (Å²) in [6.45, 7) is 7.99. The van der Waals surface area contributed by atoms with Crippen molar-refractivity contribution >= 4 is 34.8 Å². The summed E-state index contributed by atoms with van der Waals surface area (Å²) in [6.07, 6.45) is 0.908. The second-order valence-corrected chi connectivity index (χ2v) is 10.2. The van der Waals surface area contributed by atoms with Crippen molar-refractivity contribution in [2.24, 2.45) is 0 Å². The van der Waals surface area contributed by atoms with E-state index in [-0.39, 0.29) is 5.88 Å². The molecule has 3 aromatic carbocycles. The Bertz CT molecular complexity index is 1520. The molecule has 1 fully saturated rings. The standard InChI is InChI=1S/C32H36N6O4/c1-22-7-6-8-23(2)30(22)38(27-14-13-26(40-4)21-28(27)41-5)32(39)42-29-15-16-33-31(35-29)34-24-9-11-25(12-10-24)37-19-17-36(3)18-20-37/h6-16,21H,17-20H2,1-5H3,(H,33,34,35). The summed E-state index contributed by atoms with van der Waals surface area (Å²) in [4.78, 5) is 28.8. The fraction of sp³-hybridized carbons (Fsp3) is 0.281. The summed E-state index contributed by atoms with van der Waals surface area (Å²) in [5, 5.41) is 3.21. The molecule has 10 nitrogen and oxygen atoms in total. The van der Waals surface area contributed by atoms with Gasteiger partial charge in [0.25, 0.3) is 0 Å². The van der Waals surface area contributed by atoms with Gasteiger partial charge in [-0.2, -0.15) is 4.98 Å². The van der Waals surface area contributed by atoms with Gasteiger partial charge in [0.2, 0.25) is 11.8 Å². The van der Waals surface area contributed by atoms with Gasteiger partial charge >= 0.3 is 6.09 Å². The smallest absolute Gasteiger partial charge is 0.425 e. The molecule has 1 aliphatic rings. The van der Waals surface area contributed by atoms with Crippen molar-refractivity contribution in [3.05, 3.63) is 84.1 Å². The SMILES string of the molecule is COc1ccc(N(C(=O)Oc2ccnc(Nc3ccc(N4CCN(C)CC4)cc3)n2)c2c(C)cccc2C)c(OC)c1. The number of carbonyl (C=O) groups excluding carboxylic acids is 1. The Balaban J connectivity index is 1.37. The Kier molecular flexibility index (Phi) is 8.73. The molecule has 218 valence electrons. The normalized spacial score (nSPS) is 13.4. The number of hydrogen-bond donors (Lipinski definition) is 1. The number of piperazine rings is 1. The van der Waals surface area contributed by atoms with E-state index < -0.39 is 6.09 Å². The van der Waals surface area contributed by atoms with E-state index in [0.717, 1.165) is 43.0 Å². The van der Waals surface area contributed by atoms with E-state index in [9.17, 15) is 4.79 Å². The first-order valence-corrected chi connectivity index (χ1v) is 13.8. The fourth-order valence-electron chi connectivity index (χ4n) is 4.98. The molecular weight excluding hydrogens is 532 g/mol. The highest BCUT2D eigenvalue weighted by Crippen LogP contribution is 2.39. The molecule has 4 aromatic rings. The second-order valence-electron chi connectivity index (χ2n) is 10.2. The number of anilines is 5. The van der Waals surface area contributed by atoms with Crippen molar-refractivity contribution in [3.63, 3.8) is 0 Å².